The molecule has 25 heavy (non-hydrogen) atoms. The number of ether oxygens (including phenoxy) is 1. The van der Waals surface area contributed by atoms with E-state index in [-0.39, 0.29) is 12.1 Å². The Labute approximate surface area is 142 Å². The summed E-state index contributed by atoms with van der Waals surface area (Å²) in [7, 11) is 0. The van der Waals surface area contributed by atoms with E-state index in [9.17, 15) is 13.6 Å². The monoisotopic (exact) mass is 346 g/mol. The first-order valence-electron chi connectivity index (χ1n) is 7.68. The Morgan fingerprint density at radius 3 is 2.76 bits per heavy atom. The Hall–Kier alpha value is -3.03. The fourth-order valence-corrected chi connectivity index (χ4v) is 2.45. The molecule has 0 unspecified atom stereocenters. The minimum atomic E-state index is -1.02. The van der Waals surface area contributed by atoms with Crippen molar-refractivity contribution in [1.82, 2.24) is 4.98 Å². The highest BCUT2D eigenvalue weighted by Crippen LogP contribution is 2.16. The fraction of sp³-hybridized carbons (Fsp3) is 0.235. The van der Waals surface area contributed by atoms with Crippen molar-refractivity contribution < 1.29 is 18.3 Å². The Morgan fingerprint density at radius 2 is 2.08 bits per heavy atom. The van der Waals surface area contributed by atoms with E-state index in [0.29, 0.717) is 18.5 Å². The quantitative estimate of drug-likeness (QED) is 0.813. The minimum Gasteiger partial charge on any atom is -0.463 e. The van der Waals surface area contributed by atoms with Crippen molar-refractivity contribution >= 4 is 17.6 Å². The van der Waals surface area contributed by atoms with Gasteiger partial charge in [0.25, 0.3) is 11.9 Å². The molecule has 0 radical (unpaired) electrons. The molecule has 1 aliphatic rings. The zero-order valence-electron chi connectivity index (χ0n) is 13.2. The number of hydrogen-bond acceptors (Lipinski definition) is 5. The zero-order valence-corrected chi connectivity index (χ0v) is 13.2. The molecule has 0 bridgehead atoms. The van der Waals surface area contributed by atoms with Crippen LogP contribution in [0.3, 0.4) is 0 Å². The van der Waals surface area contributed by atoms with Crippen molar-refractivity contribution in [3.8, 4) is 0 Å². The smallest absolute Gasteiger partial charge is 0.282 e. The molecule has 2 heterocycles. The lowest BCUT2D eigenvalue weighted by Crippen LogP contribution is -2.15. The van der Waals surface area contributed by atoms with Crippen molar-refractivity contribution in [1.29, 1.82) is 0 Å². The molecule has 1 aliphatic heterocycles. The molecule has 1 atom stereocenters. The average molecular weight is 346 g/mol. The number of rotatable bonds is 5. The standard InChI is InChI=1S/C17H16F2N4O2/c18-11-7-14(15(19)21-8-11)16(24)22-12-4-1-10(2-5-12)3-6-13-9-25-17(20)23-13/h1-2,4-5,7-8,13H,3,6,9H2,(H2,20,23)(H,22,24)/t13-/m0/s1. The maximum atomic E-state index is 13.5. The van der Waals surface area contributed by atoms with Gasteiger partial charge in [-0.1, -0.05) is 12.1 Å². The number of pyridine rings is 1. The third-order valence-corrected chi connectivity index (χ3v) is 3.76. The highest BCUT2D eigenvalue weighted by Gasteiger charge is 2.17. The molecule has 3 rings (SSSR count). The molecule has 0 fully saturated rings. The summed E-state index contributed by atoms with van der Waals surface area (Å²) >= 11 is 0. The van der Waals surface area contributed by atoms with Crippen LogP contribution in [-0.4, -0.2) is 29.6 Å². The van der Waals surface area contributed by atoms with Crippen molar-refractivity contribution in [3.63, 3.8) is 0 Å². The van der Waals surface area contributed by atoms with Gasteiger partial charge in [0.2, 0.25) is 5.95 Å². The van der Waals surface area contributed by atoms with Gasteiger partial charge >= 0.3 is 0 Å². The lowest BCUT2D eigenvalue weighted by atomic mass is 10.1. The van der Waals surface area contributed by atoms with E-state index >= 15 is 0 Å². The van der Waals surface area contributed by atoms with E-state index in [1.54, 1.807) is 12.1 Å². The summed E-state index contributed by atoms with van der Waals surface area (Å²) in [6.45, 7) is 0.493. The molecule has 1 aromatic heterocycles. The maximum absolute atomic E-state index is 13.5. The summed E-state index contributed by atoms with van der Waals surface area (Å²) in [6.07, 6.45) is 2.29. The van der Waals surface area contributed by atoms with Crippen LogP contribution in [0.1, 0.15) is 22.3 Å². The molecule has 0 spiro atoms. The van der Waals surface area contributed by atoms with Crippen molar-refractivity contribution in [2.45, 2.75) is 18.9 Å². The second kappa shape index (κ2) is 7.25. The molecule has 130 valence electrons. The SMILES string of the molecule is NC1=N[C@@H](CCc2ccc(NC(=O)c3cc(F)cnc3F)cc2)CO1. The molecular weight excluding hydrogens is 330 g/mol. The molecule has 6 nitrogen and oxygen atoms in total. The molecular formula is C17H16F2N4O2. The number of aromatic nitrogens is 1. The van der Waals surface area contributed by atoms with Gasteiger partial charge in [-0.3, -0.25) is 4.79 Å². The number of amides is 1. The summed E-state index contributed by atoms with van der Waals surface area (Å²) in [6, 6.07) is 8.17. The number of hydrogen-bond donors (Lipinski definition) is 2. The zero-order chi connectivity index (χ0) is 17.8. The first-order chi connectivity index (χ1) is 12.0. The first-order valence-corrected chi connectivity index (χ1v) is 7.68. The Morgan fingerprint density at radius 1 is 1.32 bits per heavy atom. The topological polar surface area (TPSA) is 89.6 Å². The number of nitrogens with two attached hydrogens (primary N) is 1. The number of amidine groups is 1. The second-order valence-corrected chi connectivity index (χ2v) is 5.61. The van der Waals surface area contributed by atoms with Crippen LogP contribution in [-0.2, 0) is 11.2 Å². The number of anilines is 1. The van der Waals surface area contributed by atoms with Gasteiger partial charge in [0.05, 0.1) is 17.8 Å². The summed E-state index contributed by atoms with van der Waals surface area (Å²) in [5.41, 5.74) is 6.55. The maximum Gasteiger partial charge on any atom is 0.282 e. The second-order valence-electron chi connectivity index (χ2n) is 5.61. The average Bonchev–Trinajstić information content (AvgIpc) is 3.02. The third kappa shape index (κ3) is 4.28. The molecule has 0 aliphatic carbocycles. The molecule has 3 N–H and O–H groups in total. The van der Waals surface area contributed by atoms with Crippen LogP contribution in [0.2, 0.25) is 0 Å². The lowest BCUT2D eigenvalue weighted by Gasteiger charge is -2.08. The van der Waals surface area contributed by atoms with Crippen LogP contribution in [0.15, 0.2) is 41.5 Å². The predicted molar refractivity (Wildman–Crippen MR) is 88.2 cm³/mol. The Kier molecular flexibility index (Phi) is 4.87. The number of halogens is 2. The van der Waals surface area contributed by atoms with Gasteiger partial charge in [0, 0.05) is 5.69 Å². The minimum absolute atomic E-state index is 0.0582. The number of carbonyl (C=O) groups is 1. The van der Waals surface area contributed by atoms with Crippen LogP contribution in [0.4, 0.5) is 14.5 Å². The van der Waals surface area contributed by atoms with Gasteiger partial charge in [-0.05, 0) is 36.6 Å². The first kappa shape index (κ1) is 16.8. The van der Waals surface area contributed by atoms with Crippen LogP contribution >= 0.6 is 0 Å². The van der Waals surface area contributed by atoms with Crippen molar-refractivity contribution in [2.24, 2.45) is 10.7 Å². The summed E-state index contributed by atoms with van der Waals surface area (Å²) in [5, 5.41) is 2.51. The van der Waals surface area contributed by atoms with E-state index in [1.165, 1.54) is 0 Å². The number of benzene rings is 1. The number of nitrogens with zero attached hydrogens (tertiary/aromatic N) is 2. The Bertz CT molecular complexity index is 809. The molecule has 0 saturated carbocycles. The van der Waals surface area contributed by atoms with Crippen molar-refractivity contribution in [2.75, 3.05) is 11.9 Å². The van der Waals surface area contributed by atoms with Gasteiger partial charge in [-0.2, -0.15) is 4.39 Å². The van der Waals surface area contributed by atoms with Gasteiger partial charge in [0.15, 0.2) is 0 Å². The fourth-order valence-electron chi connectivity index (χ4n) is 2.45. The Balaban J connectivity index is 1.58. The number of nitrogens with one attached hydrogen (secondary N) is 1. The van der Waals surface area contributed by atoms with Crippen LogP contribution in [0, 0.1) is 11.8 Å². The van der Waals surface area contributed by atoms with E-state index < -0.39 is 23.2 Å². The highest BCUT2D eigenvalue weighted by atomic mass is 19.1. The van der Waals surface area contributed by atoms with E-state index in [1.807, 2.05) is 12.1 Å². The summed E-state index contributed by atoms with van der Waals surface area (Å²) in [4.78, 5) is 19.3. The van der Waals surface area contributed by atoms with E-state index in [4.69, 9.17) is 10.5 Å². The third-order valence-electron chi connectivity index (χ3n) is 3.76. The summed E-state index contributed by atoms with van der Waals surface area (Å²) < 4.78 is 31.7. The molecule has 1 aromatic carbocycles. The highest BCUT2D eigenvalue weighted by molar-refractivity contribution is 6.04. The van der Waals surface area contributed by atoms with Crippen LogP contribution in [0.25, 0.3) is 0 Å². The lowest BCUT2D eigenvalue weighted by molar-refractivity contribution is 0.102. The predicted octanol–water partition coefficient (Wildman–Crippen LogP) is 2.26. The summed E-state index contributed by atoms with van der Waals surface area (Å²) in [5.74, 6) is -2.56. The molecule has 1 amide bonds. The number of aliphatic imine (C=N–C) groups is 1. The van der Waals surface area contributed by atoms with Gasteiger partial charge in [-0.25, -0.2) is 14.4 Å². The van der Waals surface area contributed by atoms with Crippen LogP contribution in [0.5, 0.6) is 0 Å². The van der Waals surface area contributed by atoms with Crippen molar-refractivity contribution in [3.05, 3.63) is 59.4 Å². The van der Waals surface area contributed by atoms with Gasteiger partial charge in [-0.15, -0.1) is 0 Å². The largest absolute Gasteiger partial charge is 0.463 e. The molecule has 8 heteroatoms. The number of aryl methyl sites for hydroxylation is 1. The molecule has 2 aromatic rings. The van der Waals surface area contributed by atoms with Gasteiger partial charge < -0.3 is 15.8 Å². The van der Waals surface area contributed by atoms with E-state index in [2.05, 4.69) is 15.3 Å². The normalized spacial score (nSPS) is 16.2. The molecule has 0 saturated heterocycles. The van der Waals surface area contributed by atoms with E-state index in [0.717, 1.165) is 24.5 Å². The van der Waals surface area contributed by atoms with Crippen LogP contribution < -0.4 is 11.1 Å². The number of carbonyl (C=O) groups excluding carboxylic acids is 1. The van der Waals surface area contributed by atoms with Gasteiger partial charge in [0.1, 0.15) is 12.4 Å².